The number of carbonyl (C=O) groups excluding carboxylic acids is 1. The summed E-state index contributed by atoms with van der Waals surface area (Å²) >= 11 is 0. The third kappa shape index (κ3) is 4.17. The van der Waals surface area contributed by atoms with Gasteiger partial charge in [-0.3, -0.25) is 14.5 Å². The summed E-state index contributed by atoms with van der Waals surface area (Å²) < 4.78 is 5.65. The molecule has 0 spiro atoms. The molecular weight excluding hydrogens is 272 g/mol. The first-order valence-corrected chi connectivity index (χ1v) is 7.85. The van der Waals surface area contributed by atoms with Crippen molar-refractivity contribution in [3.8, 4) is 0 Å². The maximum Gasteiger partial charge on any atom is 0.307 e. The van der Waals surface area contributed by atoms with Crippen LogP contribution < -0.4 is 5.32 Å². The van der Waals surface area contributed by atoms with Gasteiger partial charge in [0.2, 0.25) is 5.91 Å². The fourth-order valence-corrected chi connectivity index (χ4v) is 3.39. The zero-order chi connectivity index (χ0) is 15.4. The Balaban J connectivity index is 1.82. The Morgan fingerprint density at radius 2 is 2.05 bits per heavy atom. The molecular formula is C15H26N2O4. The monoisotopic (exact) mass is 298 g/mol. The predicted molar refractivity (Wildman–Crippen MR) is 77.9 cm³/mol. The van der Waals surface area contributed by atoms with E-state index in [1.54, 1.807) is 0 Å². The van der Waals surface area contributed by atoms with Crippen molar-refractivity contribution >= 4 is 11.9 Å². The lowest BCUT2D eigenvalue weighted by atomic mass is 9.95. The number of hydrogen-bond acceptors (Lipinski definition) is 4. The fraction of sp³-hybridized carbons (Fsp3) is 0.867. The molecule has 1 saturated carbocycles. The standard InChI is InChI=1S/C15H26N2O4/c1-3-17-4-5-21-11(9-17)8-16-14(18)12-6-10(2)7-13(12)15(19)20/h10-13H,3-9H2,1-2H3,(H,16,18)(H,19,20). The molecule has 0 aromatic heterocycles. The van der Waals surface area contributed by atoms with Crippen molar-refractivity contribution in [3.05, 3.63) is 0 Å². The molecule has 6 heteroatoms. The van der Waals surface area contributed by atoms with Crippen LogP contribution in [0.25, 0.3) is 0 Å². The van der Waals surface area contributed by atoms with Crippen molar-refractivity contribution in [1.82, 2.24) is 10.2 Å². The van der Waals surface area contributed by atoms with E-state index in [0.29, 0.717) is 31.9 Å². The van der Waals surface area contributed by atoms with Crippen molar-refractivity contribution in [2.75, 3.05) is 32.8 Å². The quantitative estimate of drug-likeness (QED) is 0.776. The van der Waals surface area contributed by atoms with Gasteiger partial charge in [0.1, 0.15) is 0 Å². The first-order valence-electron chi connectivity index (χ1n) is 7.85. The average Bonchev–Trinajstić information content (AvgIpc) is 2.87. The normalized spacial score (nSPS) is 33.8. The summed E-state index contributed by atoms with van der Waals surface area (Å²) in [6, 6.07) is 0. The highest BCUT2D eigenvalue weighted by molar-refractivity contribution is 5.85. The largest absolute Gasteiger partial charge is 0.481 e. The number of aliphatic carboxylic acids is 1. The number of ether oxygens (including phenoxy) is 1. The molecule has 2 N–H and O–H groups in total. The van der Waals surface area contributed by atoms with Gasteiger partial charge in [0, 0.05) is 19.6 Å². The summed E-state index contributed by atoms with van der Waals surface area (Å²) in [6.07, 6.45) is 1.26. The predicted octanol–water partition coefficient (Wildman–Crippen LogP) is 0.570. The number of carboxylic acids is 1. The van der Waals surface area contributed by atoms with Crippen LogP contribution in [0.1, 0.15) is 26.7 Å². The van der Waals surface area contributed by atoms with Gasteiger partial charge in [-0.1, -0.05) is 13.8 Å². The third-order valence-corrected chi connectivity index (χ3v) is 4.63. The number of likely N-dealkylation sites (N-methyl/N-ethyl adjacent to an activating group) is 1. The molecule has 2 fully saturated rings. The number of amides is 1. The Bertz CT molecular complexity index is 388. The minimum absolute atomic E-state index is 0.00440. The van der Waals surface area contributed by atoms with Gasteiger partial charge in [0.15, 0.2) is 0 Å². The molecule has 1 heterocycles. The smallest absolute Gasteiger partial charge is 0.307 e. The lowest BCUT2D eigenvalue weighted by Crippen LogP contribution is -2.48. The summed E-state index contributed by atoms with van der Waals surface area (Å²) in [5, 5.41) is 12.1. The highest BCUT2D eigenvalue weighted by Gasteiger charge is 2.41. The zero-order valence-electron chi connectivity index (χ0n) is 12.9. The van der Waals surface area contributed by atoms with Crippen molar-refractivity contribution in [3.63, 3.8) is 0 Å². The molecule has 4 atom stereocenters. The molecule has 2 rings (SSSR count). The van der Waals surface area contributed by atoms with Gasteiger partial charge in [0.05, 0.1) is 24.5 Å². The second kappa shape index (κ2) is 7.22. The number of carboxylic acid groups (broad SMARTS) is 1. The summed E-state index contributed by atoms with van der Waals surface area (Å²) in [5.41, 5.74) is 0. The summed E-state index contributed by atoms with van der Waals surface area (Å²) in [7, 11) is 0. The van der Waals surface area contributed by atoms with Gasteiger partial charge in [0.25, 0.3) is 0 Å². The van der Waals surface area contributed by atoms with E-state index in [4.69, 9.17) is 4.74 Å². The lowest BCUT2D eigenvalue weighted by molar-refractivity contribution is -0.146. The van der Waals surface area contributed by atoms with Crippen LogP contribution in [0.5, 0.6) is 0 Å². The van der Waals surface area contributed by atoms with Crippen LogP contribution in [0, 0.1) is 17.8 Å². The maximum absolute atomic E-state index is 12.3. The molecule has 0 aromatic carbocycles. The molecule has 0 radical (unpaired) electrons. The van der Waals surface area contributed by atoms with E-state index in [1.807, 2.05) is 6.92 Å². The first kappa shape index (κ1) is 16.2. The average molecular weight is 298 g/mol. The second-order valence-corrected chi connectivity index (χ2v) is 6.26. The Hall–Kier alpha value is -1.14. The van der Waals surface area contributed by atoms with Crippen LogP contribution in [0.4, 0.5) is 0 Å². The van der Waals surface area contributed by atoms with Gasteiger partial charge >= 0.3 is 5.97 Å². The summed E-state index contributed by atoms with van der Waals surface area (Å²) in [5.74, 6) is -1.64. The lowest BCUT2D eigenvalue weighted by Gasteiger charge is -2.32. The highest BCUT2D eigenvalue weighted by Crippen LogP contribution is 2.36. The summed E-state index contributed by atoms with van der Waals surface area (Å²) in [4.78, 5) is 25.8. The van der Waals surface area contributed by atoms with Gasteiger partial charge in [-0.15, -0.1) is 0 Å². The number of carbonyl (C=O) groups is 2. The Morgan fingerprint density at radius 3 is 2.71 bits per heavy atom. The zero-order valence-corrected chi connectivity index (χ0v) is 12.9. The third-order valence-electron chi connectivity index (χ3n) is 4.63. The Labute approximate surface area is 125 Å². The van der Waals surface area contributed by atoms with E-state index in [0.717, 1.165) is 19.6 Å². The van der Waals surface area contributed by atoms with Crippen LogP contribution in [-0.2, 0) is 14.3 Å². The molecule has 1 aliphatic heterocycles. The van der Waals surface area contributed by atoms with Crippen molar-refractivity contribution in [1.29, 1.82) is 0 Å². The number of rotatable bonds is 5. The first-order chi connectivity index (χ1) is 10.0. The van der Waals surface area contributed by atoms with E-state index in [2.05, 4.69) is 17.1 Å². The molecule has 1 aliphatic carbocycles. The van der Waals surface area contributed by atoms with Gasteiger partial charge in [-0.05, 0) is 25.3 Å². The van der Waals surface area contributed by atoms with Crippen LogP contribution in [0.15, 0.2) is 0 Å². The SMILES string of the molecule is CCN1CCOC(CNC(=O)C2CC(C)CC2C(=O)O)C1. The van der Waals surface area contributed by atoms with Crippen LogP contribution in [0.2, 0.25) is 0 Å². The number of morpholine rings is 1. The molecule has 120 valence electrons. The maximum atomic E-state index is 12.3. The van der Waals surface area contributed by atoms with E-state index in [-0.39, 0.29) is 12.0 Å². The van der Waals surface area contributed by atoms with E-state index < -0.39 is 17.8 Å². The molecule has 2 aliphatic rings. The van der Waals surface area contributed by atoms with Gasteiger partial charge in [-0.25, -0.2) is 0 Å². The fourth-order valence-electron chi connectivity index (χ4n) is 3.39. The van der Waals surface area contributed by atoms with Crippen molar-refractivity contribution < 1.29 is 19.4 Å². The molecule has 21 heavy (non-hydrogen) atoms. The topological polar surface area (TPSA) is 78.9 Å². The van der Waals surface area contributed by atoms with E-state index in [9.17, 15) is 14.7 Å². The number of nitrogens with zero attached hydrogens (tertiary/aromatic N) is 1. The Morgan fingerprint density at radius 1 is 1.33 bits per heavy atom. The van der Waals surface area contributed by atoms with Crippen molar-refractivity contribution in [2.45, 2.75) is 32.8 Å². The Kier molecular flexibility index (Phi) is 5.58. The molecule has 4 unspecified atom stereocenters. The minimum Gasteiger partial charge on any atom is -0.481 e. The molecule has 1 saturated heterocycles. The highest BCUT2D eigenvalue weighted by atomic mass is 16.5. The molecule has 0 aromatic rings. The molecule has 0 bridgehead atoms. The minimum atomic E-state index is -0.856. The van der Waals surface area contributed by atoms with Crippen molar-refractivity contribution in [2.24, 2.45) is 17.8 Å². The molecule has 1 amide bonds. The summed E-state index contributed by atoms with van der Waals surface area (Å²) in [6.45, 7) is 8.00. The van der Waals surface area contributed by atoms with Crippen LogP contribution >= 0.6 is 0 Å². The van der Waals surface area contributed by atoms with E-state index in [1.165, 1.54) is 0 Å². The van der Waals surface area contributed by atoms with Crippen LogP contribution in [0.3, 0.4) is 0 Å². The van der Waals surface area contributed by atoms with E-state index >= 15 is 0 Å². The van der Waals surface area contributed by atoms with Crippen LogP contribution in [-0.4, -0.2) is 60.8 Å². The number of hydrogen-bond donors (Lipinski definition) is 2. The molecule has 6 nitrogen and oxygen atoms in total. The number of nitrogens with one attached hydrogen (secondary N) is 1. The van der Waals surface area contributed by atoms with Gasteiger partial charge < -0.3 is 15.2 Å². The van der Waals surface area contributed by atoms with Gasteiger partial charge in [-0.2, -0.15) is 0 Å². The second-order valence-electron chi connectivity index (χ2n) is 6.26.